The maximum Gasteiger partial charge on any atom is 0.313 e. The van der Waals surface area contributed by atoms with Gasteiger partial charge < -0.3 is 9.29 Å². The summed E-state index contributed by atoms with van der Waals surface area (Å²) in [7, 11) is 1.25. The minimum atomic E-state index is -1.36. The number of thiophene rings is 1. The van der Waals surface area contributed by atoms with Crippen LogP contribution in [-0.4, -0.2) is 28.2 Å². The third kappa shape index (κ3) is 6.19. The van der Waals surface area contributed by atoms with E-state index in [2.05, 4.69) is 25.4 Å². The summed E-state index contributed by atoms with van der Waals surface area (Å²) in [6, 6.07) is 1.89. The molecule has 8 heteroatoms. The third-order valence-electron chi connectivity index (χ3n) is 3.11. The molecule has 5 nitrogen and oxygen atoms in total. The summed E-state index contributed by atoms with van der Waals surface area (Å²) in [5.74, 6) is -0.830. The van der Waals surface area contributed by atoms with Crippen molar-refractivity contribution in [3.8, 4) is 0 Å². The predicted octanol–water partition coefficient (Wildman–Crippen LogP) is 3.30. The minimum Gasteiger partial charge on any atom is -0.598 e. The number of esters is 1. The Morgan fingerprint density at radius 1 is 1.39 bits per heavy atom. The van der Waals surface area contributed by atoms with Crippen LogP contribution in [0.4, 0.5) is 0 Å². The van der Waals surface area contributed by atoms with Gasteiger partial charge in [-0.15, -0.1) is 16.1 Å². The van der Waals surface area contributed by atoms with Gasteiger partial charge in [-0.3, -0.25) is 9.59 Å². The van der Waals surface area contributed by atoms with Gasteiger partial charge in [-0.05, 0) is 49.7 Å². The van der Waals surface area contributed by atoms with Crippen molar-refractivity contribution in [2.24, 2.45) is 0 Å². The van der Waals surface area contributed by atoms with E-state index in [4.69, 9.17) is 0 Å². The Kier molecular flexibility index (Phi) is 7.28. The first-order valence-corrected chi connectivity index (χ1v) is 9.83. The maximum atomic E-state index is 12.5. The van der Waals surface area contributed by atoms with Crippen molar-refractivity contribution in [3.63, 3.8) is 0 Å². The number of carbonyl (C=O) groups is 2. The Bertz CT molecular complexity index is 570. The van der Waals surface area contributed by atoms with Gasteiger partial charge in [0.05, 0.1) is 7.11 Å². The minimum absolute atomic E-state index is 0.0525. The van der Waals surface area contributed by atoms with Crippen LogP contribution in [0.1, 0.15) is 45.4 Å². The zero-order valence-corrected chi connectivity index (χ0v) is 17.1. The first-order valence-electron chi connectivity index (χ1n) is 7.00. The lowest BCUT2D eigenvalue weighted by Gasteiger charge is -2.34. The summed E-state index contributed by atoms with van der Waals surface area (Å²) in [6.45, 7) is 7.40. The van der Waals surface area contributed by atoms with Crippen molar-refractivity contribution in [3.05, 3.63) is 20.8 Å². The molecule has 1 heterocycles. The van der Waals surface area contributed by atoms with Crippen molar-refractivity contribution in [1.82, 2.24) is 4.72 Å². The second-order valence-electron chi connectivity index (χ2n) is 6.41. The summed E-state index contributed by atoms with van der Waals surface area (Å²) >= 11 is 3.50. The molecule has 0 aromatic carbocycles. The number of rotatable bonds is 7. The lowest BCUT2D eigenvalue weighted by atomic mass is 9.93. The molecule has 1 aromatic rings. The van der Waals surface area contributed by atoms with Crippen molar-refractivity contribution in [2.45, 2.75) is 50.8 Å². The molecule has 0 fully saturated rings. The summed E-state index contributed by atoms with van der Waals surface area (Å²) in [6.07, 6.45) is -0.237. The third-order valence-corrected chi connectivity index (χ3v) is 6.81. The Morgan fingerprint density at radius 2 is 2.00 bits per heavy atom. The lowest BCUT2D eigenvalue weighted by molar-refractivity contribution is -0.143. The molecule has 1 unspecified atom stereocenters. The first kappa shape index (κ1) is 20.6. The zero-order chi connectivity index (χ0) is 17.8. The van der Waals surface area contributed by atoms with Gasteiger partial charge in [0.25, 0.3) is 0 Å². The van der Waals surface area contributed by atoms with Crippen molar-refractivity contribution < 1.29 is 18.9 Å². The van der Waals surface area contributed by atoms with Gasteiger partial charge in [0.15, 0.2) is 0 Å². The van der Waals surface area contributed by atoms with Gasteiger partial charge in [0.1, 0.15) is 22.5 Å². The maximum absolute atomic E-state index is 12.5. The average molecular weight is 424 g/mol. The molecule has 0 aliphatic heterocycles. The van der Waals surface area contributed by atoms with Gasteiger partial charge >= 0.3 is 5.97 Å². The number of methoxy groups -OCH3 is 1. The zero-order valence-electron chi connectivity index (χ0n) is 13.9. The van der Waals surface area contributed by atoms with Crippen LogP contribution >= 0.6 is 27.3 Å². The largest absolute Gasteiger partial charge is 0.598 e. The van der Waals surface area contributed by atoms with Gasteiger partial charge in [-0.25, -0.2) is 0 Å². The quantitative estimate of drug-likeness (QED) is 0.413. The number of carbonyl (C=O) groups excluding carboxylic acids is 2. The number of Topliss-reactive ketones (excluding diaryl/α,β-unsaturated/α-hetero) is 1. The van der Waals surface area contributed by atoms with E-state index in [0.29, 0.717) is 0 Å². The number of halogens is 1. The molecule has 0 radical (unpaired) electrons. The molecule has 0 saturated carbocycles. The highest BCUT2D eigenvalue weighted by molar-refractivity contribution is 9.10. The highest BCUT2D eigenvalue weighted by Crippen LogP contribution is 2.35. The van der Waals surface area contributed by atoms with Gasteiger partial charge in [-0.1, -0.05) is 0 Å². The molecule has 2 atom stereocenters. The van der Waals surface area contributed by atoms with Gasteiger partial charge in [-0.2, -0.15) is 0 Å². The Morgan fingerprint density at radius 3 is 2.43 bits per heavy atom. The predicted molar refractivity (Wildman–Crippen MR) is 96.7 cm³/mol. The highest BCUT2D eigenvalue weighted by Gasteiger charge is 2.39. The van der Waals surface area contributed by atoms with Crippen LogP contribution in [0.15, 0.2) is 15.9 Å². The van der Waals surface area contributed by atoms with E-state index in [9.17, 15) is 14.1 Å². The summed E-state index contributed by atoms with van der Waals surface area (Å²) in [5.41, 5.74) is -0.820. The molecule has 0 spiro atoms. The molecular formula is C15H22BrNO4S2. The van der Waals surface area contributed by atoms with Crippen molar-refractivity contribution in [2.75, 3.05) is 7.11 Å². The van der Waals surface area contributed by atoms with Gasteiger partial charge in [0, 0.05) is 32.5 Å². The van der Waals surface area contributed by atoms with Crippen LogP contribution in [0.25, 0.3) is 0 Å². The summed E-state index contributed by atoms with van der Waals surface area (Å²) < 4.78 is 20.5. The Hall–Kier alpha value is -0.410. The molecular weight excluding hydrogens is 402 g/mol. The number of hydrogen-bond acceptors (Lipinski definition) is 6. The number of nitrogens with one attached hydrogen (secondary N) is 1. The van der Waals surface area contributed by atoms with E-state index >= 15 is 0 Å². The van der Waals surface area contributed by atoms with E-state index in [-0.39, 0.29) is 18.6 Å². The van der Waals surface area contributed by atoms with Crippen molar-refractivity contribution in [1.29, 1.82) is 0 Å². The standard InChI is InChI=1S/C15H22BrNO4S2/c1-14(2,3)23(20)17-15(4,12-6-10(16)9-22-12)8-11(18)7-13(19)21-5/h6,9,17H,7-8H2,1-5H3/t15-,23?/m0/s1. The summed E-state index contributed by atoms with van der Waals surface area (Å²) in [4.78, 5) is 24.4. The average Bonchev–Trinajstić information content (AvgIpc) is 2.84. The van der Waals surface area contributed by atoms with E-state index in [1.807, 2.05) is 39.1 Å². The molecule has 0 aliphatic carbocycles. The van der Waals surface area contributed by atoms with Crippen LogP contribution in [-0.2, 0) is 31.2 Å². The Balaban J connectivity index is 3.02. The lowest BCUT2D eigenvalue weighted by Crippen LogP contribution is -2.50. The molecule has 1 aromatic heterocycles. The van der Waals surface area contributed by atoms with Crippen LogP contribution in [0.5, 0.6) is 0 Å². The van der Waals surface area contributed by atoms with Crippen LogP contribution < -0.4 is 4.72 Å². The summed E-state index contributed by atoms with van der Waals surface area (Å²) in [5, 5.41) is 1.90. The topological polar surface area (TPSA) is 78.5 Å². The van der Waals surface area contributed by atoms with Crippen LogP contribution in [0.2, 0.25) is 0 Å². The fraction of sp³-hybridized carbons (Fsp3) is 0.600. The number of ether oxygens (including phenoxy) is 1. The fourth-order valence-corrected chi connectivity index (χ4v) is 4.33. The van der Waals surface area contributed by atoms with Crippen LogP contribution in [0, 0.1) is 0 Å². The van der Waals surface area contributed by atoms with Crippen LogP contribution in [0.3, 0.4) is 0 Å². The van der Waals surface area contributed by atoms with E-state index in [1.165, 1.54) is 18.4 Å². The molecule has 130 valence electrons. The number of hydrogen-bond donors (Lipinski definition) is 1. The first-order chi connectivity index (χ1) is 10.5. The molecule has 0 bridgehead atoms. The monoisotopic (exact) mass is 423 g/mol. The molecule has 23 heavy (non-hydrogen) atoms. The normalized spacial score (nSPS) is 15.8. The van der Waals surface area contributed by atoms with E-state index in [1.54, 1.807) is 0 Å². The fourth-order valence-electron chi connectivity index (χ4n) is 1.82. The highest BCUT2D eigenvalue weighted by atomic mass is 79.9. The van der Waals surface area contributed by atoms with E-state index < -0.39 is 27.6 Å². The number of ketones is 1. The smallest absolute Gasteiger partial charge is 0.313 e. The van der Waals surface area contributed by atoms with E-state index in [0.717, 1.165) is 9.35 Å². The Labute approximate surface area is 152 Å². The SMILES string of the molecule is COC(=O)CC(=O)C[C@](C)(N[S+]([O-])C(C)(C)C)c1cc(Br)cs1. The van der Waals surface area contributed by atoms with Gasteiger partial charge in [0.2, 0.25) is 0 Å². The molecule has 1 N–H and O–H groups in total. The molecule has 0 saturated heterocycles. The molecule has 0 aliphatic rings. The van der Waals surface area contributed by atoms with Crippen molar-refractivity contribution >= 4 is 50.4 Å². The molecule has 0 amide bonds. The second-order valence-corrected chi connectivity index (χ2v) is 10.2. The molecule has 1 rings (SSSR count). The second kappa shape index (κ2) is 8.11.